The first-order valence-electron chi connectivity index (χ1n) is 5.60. The summed E-state index contributed by atoms with van der Waals surface area (Å²) >= 11 is 0. The lowest BCUT2D eigenvalue weighted by Crippen LogP contribution is -2.38. The topological polar surface area (TPSA) is 44.1 Å². The summed E-state index contributed by atoms with van der Waals surface area (Å²) in [7, 11) is 0. The first kappa shape index (κ1) is 11.6. The van der Waals surface area contributed by atoms with Gasteiger partial charge in [0.2, 0.25) is 5.91 Å². The van der Waals surface area contributed by atoms with E-state index in [0.717, 1.165) is 5.56 Å². The molecule has 4 heteroatoms. The molecule has 0 spiro atoms. The Bertz CT molecular complexity index is 493. The summed E-state index contributed by atoms with van der Waals surface area (Å²) < 4.78 is 13.2. The predicted molar refractivity (Wildman–Crippen MR) is 61.9 cm³/mol. The molecular weight excluding hydrogens is 219 g/mol. The molecule has 1 aliphatic rings. The van der Waals surface area contributed by atoms with Crippen molar-refractivity contribution in [3.8, 4) is 6.07 Å². The zero-order valence-electron chi connectivity index (χ0n) is 9.61. The van der Waals surface area contributed by atoms with Gasteiger partial charge >= 0.3 is 0 Å². The van der Waals surface area contributed by atoms with E-state index < -0.39 is 0 Å². The SMILES string of the molecule is CC(C#N)CN1C(=O)CCc2ccc(F)cc21. The fraction of sp³-hybridized carbons (Fsp3) is 0.385. The van der Waals surface area contributed by atoms with Crippen LogP contribution in [0.5, 0.6) is 0 Å². The van der Waals surface area contributed by atoms with Gasteiger partial charge in [0.15, 0.2) is 0 Å². The van der Waals surface area contributed by atoms with Crippen molar-refractivity contribution in [1.82, 2.24) is 0 Å². The summed E-state index contributed by atoms with van der Waals surface area (Å²) in [6, 6.07) is 6.57. The number of amides is 1. The Morgan fingerprint density at radius 2 is 2.29 bits per heavy atom. The van der Waals surface area contributed by atoms with Gasteiger partial charge in [0, 0.05) is 18.7 Å². The van der Waals surface area contributed by atoms with Crippen molar-refractivity contribution in [2.75, 3.05) is 11.4 Å². The molecule has 1 heterocycles. The average molecular weight is 232 g/mol. The minimum atomic E-state index is -0.354. The van der Waals surface area contributed by atoms with Gasteiger partial charge in [-0.05, 0) is 31.0 Å². The van der Waals surface area contributed by atoms with Crippen molar-refractivity contribution in [2.45, 2.75) is 19.8 Å². The summed E-state index contributed by atoms with van der Waals surface area (Å²) in [5.41, 5.74) is 1.58. The van der Waals surface area contributed by atoms with Gasteiger partial charge in [0.1, 0.15) is 5.82 Å². The number of halogens is 1. The number of nitrogens with zero attached hydrogens (tertiary/aromatic N) is 2. The minimum Gasteiger partial charge on any atom is -0.311 e. The van der Waals surface area contributed by atoms with E-state index >= 15 is 0 Å². The molecule has 2 rings (SSSR count). The third kappa shape index (κ3) is 2.28. The van der Waals surface area contributed by atoms with E-state index in [4.69, 9.17) is 5.26 Å². The van der Waals surface area contributed by atoms with E-state index in [1.807, 2.05) is 0 Å². The van der Waals surface area contributed by atoms with Crippen molar-refractivity contribution >= 4 is 11.6 Å². The van der Waals surface area contributed by atoms with Crippen molar-refractivity contribution in [2.24, 2.45) is 5.92 Å². The van der Waals surface area contributed by atoms with Crippen LogP contribution in [0.4, 0.5) is 10.1 Å². The molecule has 0 aromatic heterocycles. The molecule has 1 aromatic carbocycles. The molecule has 0 aliphatic carbocycles. The van der Waals surface area contributed by atoms with Gasteiger partial charge in [0.05, 0.1) is 12.0 Å². The Kier molecular flexibility index (Phi) is 3.10. The molecule has 1 aromatic rings. The van der Waals surface area contributed by atoms with Crippen LogP contribution >= 0.6 is 0 Å². The highest BCUT2D eigenvalue weighted by Gasteiger charge is 2.25. The molecule has 1 unspecified atom stereocenters. The largest absolute Gasteiger partial charge is 0.311 e. The van der Waals surface area contributed by atoms with Crippen LogP contribution in [-0.4, -0.2) is 12.5 Å². The second kappa shape index (κ2) is 4.54. The molecule has 0 fully saturated rings. The number of anilines is 1. The van der Waals surface area contributed by atoms with Crippen LogP contribution in [0.1, 0.15) is 18.9 Å². The van der Waals surface area contributed by atoms with Crippen molar-refractivity contribution < 1.29 is 9.18 Å². The summed E-state index contributed by atoms with van der Waals surface area (Å²) in [6.07, 6.45) is 1.07. The van der Waals surface area contributed by atoms with Gasteiger partial charge < -0.3 is 4.90 Å². The molecule has 17 heavy (non-hydrogen) atoms. The number of rotatable bonds is 2. The Morgan fingerprint density at radius 1 is 1.53 bits per heavy atom. The van der Waals surface area contributed by atoms with Crippen LogP contribution in [0, 0.1) is 23.1 Å². The molecule has 1 aliphatic heterocycles. The monoisotopic (exact) mass is 232 g/mol. The first-order valence-corrected chi connectivity index (χ1v) is 5.60. The summed E-state index contributed by atoms with van der Waals surface area (Å²) in [5.74, 6) is -0.647. The van der Waals surface area contributed by atoms with Crippen LogP contribution in [0.25, 0.3) is 0 Å². The highest BCUT2D eigenvalue weighted by molar-refractivity contribution is 5.96. The third-order valence-electron chi connectivity index (χ3n) is 2.92. The molecule has 0 radical (unpaired) electrons. The summed E-state index contributed by atoms with van der Waals surface area (Å²) in [4.78, 5) is 13.3. The lowest BCUT2D eigenvalue weighted by atomic mass is 10.00. The normalized spacial score (nSPS) is 16.3. The smallest absolute Gasteiger partial charge is 0.227 e. The lowest BCUT2D eigenvalue weighted by Gasteiger charge is -2.30. The molecule has 0 saturated carbocycles. The second-order valence-electron chi connectivity index (χ2n) is 4.31. The number of benzene rings is 1. The summed E-state index contributed by atoms with van der Waals surface area (Å²) in [6.45, 7) is 2.08. The second-order valence-corrected chi connectivity index (χ2v) is 4.31. The molecule has 1 atom stereocenters. The van der Waals surface area contributed by atoms with Gasteiger partial charge in [-0.3, -0.25) is 4.79 Å². The maximum Gasteiger partial charge on any atom is 0.227 e. The summed E-state index contributed by atoms with van der Waals surface area (Å²) in [5, 5.41) is 8.79. The van der Waals surface area contributed by atoms with Crippen LogP contribution in [-0.2, 0) is 11.2 Å². The first-order chi connectivity index (χ1) is 8.11. The number of aryl methyl sites for hydroxylation is 1. The average Bonchev–Trinajstić information content (AvgIpc) is 2.32. The van der Waals surface area contributed by atoms with Gasteiger partial charge in [-0.2, -0.15) is 5.26 Å². The Morgan fingerprint density at radius 3 is 3.00 bits per heavy atom. The number of hydrogen-bond donors (Lipinski definition) is 0. The van der Waals surface area contributed by atoms with Crippen molar-refractivity contribution in [1.29, 1.82) is 5.26 Å². The molecule has 0 saturated heterocycles. The van der Waals surface area contributed by atoms with Crippen molar-refractivity contribution in [3.63, 3.8) is 0 Å². The van der Waals surface area contributed by atoms with Crippen LogP contribution in [0.15, 0.2) is 18.2 Å². The van der Waals surface area contributed by atoms with E-state index in [1.54, 1.807) is 13.0 Å². The molecule has 0 bridgehead atoms. The molecule has 88 valence electrons. The van der Waals surface area contributed by atoms with Crippen molar-refractivity contribution in [3.05, 3.63) is 29.6 Å². The molecule has 3 nitrogen and oxygen atoms in total. The molecule has 0 N–H and O–H groups in total. The number of hydrogen-bond acceptors (Lipinski definition) is 2. The Balaban J connectivity index is 2.36. The molecule has 1 amide bonds. The van der Waals surface area contributed by atoms with E-state index in [0.29, 0.717) is 25.1 Å². The number of fused-ring (bicyclic) bond motifs is 1. The van der Waals surface area contributed by atoms with Gasteiger partial charge in [-0.15, -0.1) is 0 Å². The number of carbonyl (C=O) groups excluding carboxylic acids is 1. The number of nitriles is 1. The van der Waals surface area contributed by atoms with Crippen LogP contribution in [0.3, 0.4) is 0 Å². The highest BCUT2D eigenvalue weighted by atomic mass is 19.1. The quantitative estimate of drug-likeness (QED) is 0.785. The molecular formula is C13H13FN2O. The fourth-order valence-electron chi connectivity index (χ4n) is 2.03. The zero-order chi connectivity index (χ0) is 12.4. The fourth-order valence-corrected chi connectivity index (χ4v) is 2.03. The maximum atomic E-state index is 13.2. The Labute approximate surface area is 99.5 Å². The van der Waals surface area contributed by atoms with Crippen LogP contribution in [0.2, 0.25) is 0 Å². The van der Waals surface area contributed by atoms with E-state index in [2.05, 4.69) is 6.07 Å². The predicted octanol–water partition coefficient (Wildman–Crippen LogP) is 2.26. The zero-order valence-corrected chi connectivity index (χ0v) is 9.61. The van der Waals surface area contributed by atoms with Crippen LogP contribution < -0.4 is 4.90 Å². The van der Waals surface area contributed by atoms with Gasteiger partial charge in [-0.25, -0.2) is 4.39 Å². The van der Waals surface area contributed by atoms with Gasteiger partial charge in [-0.1, -0.05) is 6.07 Å². The number of carbonyl (C=O) groups is 1. The standard InChI is InChI=1S/C13H13FN2O/c1-9(7-15)8-16-12-6-11(14)4-2-10(12)3-5-13(16)17/h2,4,6,9H,3,5,8H2,1H3. The highest BCUT2D eigenvalue weighted by Crippen LogP contribution is 2.29. The lowest BCUT2D eigenvalue weighted by molar-refractivity contribution is -0.119. The van der Waals surface area contributed by atoms with Gasteiger partial charge in [0.25, 0.3) is 0 Å². The van der Waals surface area contributed by atoms with E-state index in [-0.39, 0.29) is 17.6 Å². The Hall–Kier alpha value is -1.89. The van der Waals surface area contributed by atoms with E-state index in [1.165, 1.54) is 17.0 Å². The third-order valence-corrected chi connectivity index (χ3v) is 2.92. The minimum absolute atomic E-state index is 0.0369. The van der Waals surface area contributed by atoms with E-state index in [9.17, 15) is 9.18 Å². The maximum absolute atomic E-state index is 13.2.